The van der Waals surface area contributed by atoms with E-state index in [-0.39, 0.29) is 5.78 Å². The zero-order valence-corrected chi connectivity index (χ0v) is 10.5. The van der Waals surface area contributed by atoms with Gasteiger partial charge < -0.3 is 9.84 Å². The molecule has 19 heavy (non-hydrogen) atoms. The van der Waals surface area contributed by atoms with Crippen LogP contribution in [0, 0.1) is 6.61 Å². The average molecular weight is 255 g/mol. The fourth-order valence-electron chi connectivity index (χ4n) is 1.75. The topological polar surface area (TPSA) is 46.5 Å². The highest BCUT2D eigenvalue weighted by atomic mass is 16.5. The van der Waals surface area contributed by atoms with Crippen molar-refractivity contribution in [2.45, 2.75) is 6.42 Å². The third-order valence-electron chi connectivity index (χ3n) is 2.67. The average Bonchev–Trinajstić information content (AvgIpc) is 2.48. The van der Waals surface area contributed by atoms with Gasteiger partial charge in [-0.3, -0.25) is 4.79 Å². The number of carbonyl (C=O) groups is 1. The Balaban J connectivity index is 2.22. The van der Waals surface area contributed by atoms with Crippen LogP contribution in [0.5, 0.6) is 5.75 Å². The quantitative estimate of drug-likeness (QED) is 0.636. The zero-order valence-electron chi connectivity index (χ0n) is 10.5. The predicted octanol–water partition coefficient (Wildman–Crippen LogP) is 3.22. The van der Waals surface area contributed by atoms with E-state index in [2.05, 4.69) is 0 Å². The first-order chi connectivity index (χ1) is 9.33. The number of ketones is 1. The number of rotatable bonds is 6. The molecule has 0 bridgehead atoms. The summed E-state index contributed by atoms with van der Waals surface area (Å²) in [5, 5.41) is 8.63. The summed E-state index contributed by atoms with van der Waals surface area (Å²) in [6.07, 6.45) is 0.424. The second kappa shape index (κ2) is 6.71. The normalized spacial score (nSPS) is 10.2. The zero-order chi connectivity index (χ0) is 13.5. The van der Waals surface area contributed by atoms with E-state index in [1.807, 2.05) is 24.3 Å². The van der Waals surface area contributed by atoms with Crippen molar-refractivity contribution in [3.63, 3.8) is 0 Å². The molecule has 0 spiro atoms. The standard InChI is InChI=1S/C16H15O3/c17-11-6-12-19-15-10-5-4-9-14(15)16(18)13-7-2-1-3-8-13/h1-5,7-11,17H,6,12H2. The van der Waals surface area contributed by atoms with Gasteiger partial charge in [0.25, 0.3) is 0 Å². The van der Waals surface area contributed by atoms with E-state index >= 15 is 0 Å². The predicted molar refractivity (Wildman–Crippen MR) is 72.7 cm³/mol. The maximum atomic E-state index is 12.4. The first-order valence-electron chi connectivity index (χ1n) is 6.10. The van der Waals surface area contributed by atoms with Crippen LogP contribution in [0.4, 0.5) is 0 Å². The maximum absolute atomic E-state index is 12.4. The number of aliphatic hydroxyl groups is 1. The van der Waals surface area contributed by atoms with Crippen molar-refractivity contribution in [2.24, 2.45) is 0 Å². The Morgan fingerprint density at radius 1 is 1.05 bits per heavy atom. The lowest BCUT2D eigenvalue weighted by atomic mass is 10.0. The minimum Gasteiger partial charge on any atom is -0.493 e. The van der Waals surface area contributed by atoms with Crippen LogP contribution in [0.3, 0.4) is 0 Å². The van der Waals surface area contributed by atoms with Gasteiger partial charge in [-0.25, -0.2) is 0 Å². The van der Waals surface area contributed by atoms with E-state index in [9.17, 15) is 4.79 Å². The number of ether oxygens (including phenoxy) is 1. The van der Waals surface area contributed by atoms with E-state index in [1.165, 1.54) is 0 Å². The molecule has 0 fully saturated rings. The molecule has 0 heterocycles. The summed E-state index contributed by atoms with van der Waals surface area (Å²) in [7, 11) is 0. The summed E-state index contributed by atoms with van der Waals surface area (Å²) in [4.78, 5) is 12.4. The Labute approximate surface area is 112 Å². The van der Waals surface area contributed by atoms with Crippen molar-refractivity contribution in [2.75, 3.05) is 6.61 Å². The molecule has 1 N–H and O–H groups in total. The van der Waals surface area contributed by atoms with Crippen LogP contribution in [0.2, 0.25) is 0 Å². The minimum atomic E-state index is -0.0656. The summed E-state index contributed by atoms with van der Waals surface area (Å²) >= 11 is 0. The van der Waals surface area contributed by atoms with Gasteiger partial charge in [-0.15, -0.1) is 0 Å². The van der Waals surface area contributed by atoms with Crippen LogP contribution in [0.1, 0.15) is 22.3 Å². The summed E-state index contributed by atoms with van der Waals surface area (Å²) in [6.45, 7) is 1.39. The number of carbonyl (C=O) groups excluding carboxylic acids is 1. The van der Waals surface area contributed by atoms with E-state index in [0.717, 1.165) is 6.61 Å². The molecule has 2 rings (SSSR count). The molecule has 0 saturated heterocycles. The molecule has 0 atom stereocenters. The molecule has 0 saturated carbocycles. The van der Waals surface area contributed by atoms with Crippen molar-refractivity contribution in [3.05, 3.63) is 72.3 Å². The van der Waals surface area contributed by atoms with Gasteiger partial charge in [-0.2, -0.15) is 0 Å². The van der Waals surface area contributed by atoms with E-state index < -0.39 is 0 Å². The number of benzene rings is 2. The smallest absolute Gasteiger partial charge is 0.196 e. The number of aliphatic hydroxyl groups excluding tert-OH is 1. The van der Waals surface area contributed by atoms with Crippen molar-refractivity contribution in [3.8, 4) is 5.75 Å². The third kappa shape index (κ3) is 3.42. The van der Waals surface area contributed by atoms with Gasteiger partial charge in [0, 0.05) is 12.0 Å². The fraction of sp³-hybridized carbons (Fsp3) is 0.125. The monoisotopic (exact) mass is 255 g/mol. The third-order valence-corrected chi connectivity index (χ3v) is 2.67. The molecule has 0 aliphatic carbocycles. The number of hydrogen-bond donors (Lipinski definition) is 1. The largest absolute Gasteiger partial charge is 0.493 e. The first-order valence-corrected chi connectivity index (χ1v) is 6.10. The molecule has 2 aromatic carbocycles. The summed E-state index contributed by atoms with van der Waals surface area (Å²) < 4.78 is 5.51. The molecule has 0 amide bonds. The Morgan fingerprint density at radius 2 is 1.74 bits per heavy atom. The Kier molecular flexibility index (Phi) is 4.70. The molecular weight excluding hydrogens is 240 g/mol. The van der Waals surface area contributed by atoms with Gasteiger partial charge in [0.05, 0.1) is 18.8 Å². The highest BCUT2D eigenvalue weighted by molar-refractivity contribution is 6.10. The lowest BCUT2D eigenvalue weighted by molar-refractivity contribution is 0.103. The van der Waals surface area contributed by atoms with Crippen molar-refractivity contribution in [1.29, 1.82) is 0 Å². The second-order valence-corrected chi connectivity index (χ2v) is 4.01. The Hall–Kier alpha value is -2.13. The van der Waals surface area contributed by atoms with Crippen LogP contribution in [-0.2, 0) is 0 Å². The lowest BCUT2D eigenvalue weighted by Gasteiger charge is -2.10. The van der Waals surface area contributed by atoms with Gasteiger partial charge in [0.2, 0.25) is 0 Å². The molecule has 3 heteroatoms. The van der Waals surface area contributed by atoms with E-state index in [1.54, 1.807) is 30.3 Å². The van der Waals surface area contributed by atoms with Crippen LogP contribution >= 0.6 is 0 Å². The molecule has 0 aromatic heterocycles. The first kappa shape index (κ1) is 13.3. The summed E-state index contributed by atoms with van der Waals surface area (Å²) in [5.41, 5.74) is 1.17. The molecule has 0 aliphatic heterocycles. The van der Waals surface area contributed by atoms with Gasteiger partial charge in [0.15, 0.2) is 5.78 Å². The molecule has 97 valence electrons. The molecule has 0 aliphatic rings. The summed E-state index contributed by atoms with van der Waals surface area (Å²) in [6, 6.07) is 16.2. The fourth-order valence-corrected chi connectivity index (χ4v) is 1.75. The molecular formula is C16H15O3. The maximum Gasteiger partial charge on any atom is 0.196 e. The van der Waals surface area contributed by atoms with Crippen LogP contribution in [-0.4, -0.2) is 17.5 Å². The van der Waals surface area contributed by atoms with Crippen LogP contribution in [0.25, 0.3) is 0 Å². The van der Waals surface area contributed by atoms with Gasteiger partial charge in [-0.05, 0) is 12.1 Å². The van der Waals surface area contributed by atoms with Gasteiger partial charge in [0.1, 0.15) is 5.75 Å². The van der Waals surface area contributed by atoms with Crippen molar-refractivity contribution >= 4 is 5.78 Å². The van der Waals surface area contributed by atoms with E-state index in [0.29, 0.717) is 29.9 Å². The molecule has 2 aromatic rings. The van der Waals surface area contributed by atoms with Gasteiger partial charge >= 0.3 is 0 Å². The molecule has 1 radical (unpaired) electrons. The lowest BCUT2D eigenvalue weighted by Crippen LogP contribution is -2.06. The minimum absolute atomic E-state index is 0.0656. The Morgan fingerprint density at radius 3 is 2.47 bits per heavy atom. The number of para-hydroxylation sites is 1. The van der Waals surface area contributed by atoms with Crippen LogP contribution in [0.15, 0.2) is 54.6 Å². The van der Waals surface area contributed by atoms with Gasteiger partial charge in [-0.1, -0.05) is 42.5 Å². The number of hydrogen-bond acceptors (Lipinski definition) is 3. The second-order valence-electron chi connectivity index (χ2n) is 4.01. The Bertz CT molecular complexity index is 535. The van der Waals surface area contributed by atoms with Crippen molar-refractivity contribution in [1.82, 2.24) is 0 Å². The highest BCUT2D eigenvalue weighted by Gasteiger charge is 2.13. The molecule has 0 unspecified atom stereocenters. The summed E-state index contributed by atoms with van der Waals surface area (Å²) in [5.74, 6) is 0.474. The van der Waals surface area contributed by atoms with E-state index in [4.69, 9.17) is 9.84 Å². The van der Waals surface area contributed by atoms with Crippen LogP contribution < -0.4 is 4.74 Å². The SMILES string of the molecule is O=C(c1ccccc1)c1ccccc1OCC[CH]O. The highest BCUT2D eigenvalue weighted by Crippen LogP contribution is 2.21. The van der Waals surface area contributed by atoms with Crippen molar-refractivity contribution < 1.29 is 14.6 Å². The molecule has 3 nitrogen and oxygen atoms in total.